The molecule has 1 heterocycles. The maximum absolute atomic E-state index is 4.45. The first kappa shape index (κ1) is 11.2. The summed E-state index contributed by atoms with van der Waals surface area (Å²) < 4.78 is 1.86. The Bertz CT molecular complexity index is 267. The highest BCUT2D eigenvalue weighted by Gasteiger charge is 2.18. The van der Waals surface area contributed by atoms with Crippen LogP contribution in [0.2, 0.25) is 0 Å². The van der Waals surface area contributed by atoms with Crippen molar-refractivity contribution in [2.24, 2.45) is 13.0 Å². The van der Waals surface area contributed by atoms with Crippen LogP contribution in [0.15, 0.2) is 12.3 Å². The van der Waals surface area contributed by atoms with Gasteiger partial charge in [0.05, 0.1) is 11.7 Å². The monoisotopic (exact) mass is 195 g/mol. The van der Waals surface area contributed by atoms with Crippen molar-refractivity contribution in [3.63, 3.8) is 0 Å². The van der Waals surface area contributed by atoms with Crippen molar-refractivity contribution in [3.05, 3.63) is 18.0 Å². The largest absolute Gasteiger partial charge is 0.309 e. The molecule has 1 aromatic rings. The Kier molecular flexibility index (Phi) is 4.14. The first-order chi connectivity index (χ1) is 6.69. The van der Waals surface area contributed by atoms with Crippen LogP contribution in [0, 0.1) is 5.92 Å². The minimum Gasteiger partial charge on any atom is -0.309 e. The molecule has 3 nitrogen and oxygen atoms in total. The predicted molar refractivity (Wildman–Crippen MR) is 59.1 cm³/mol. The third-order valence-electron chi connectivity index (χ3n) is 2.69. The number of aryl methyl sites for hydroxylation is 1. The quantitative estimate of drug-likeness (QED) is 0.780. The highest BCUT2D eigenvalue weighted by Crippen LogP contribution is 2.22. The molecule has 3 heteroatoms. The number of hydrogen-bond acceptors (Lipinski definition) is 2. The number of hydrogen-bond donors (Lipinski definition) is 1. The molecule has 0 aliphatic heterocycles. The Morgan fingerprint density at radius 2 is 2.21 bits per heavy atom. The lowest BCUT2D eigenvalue weighted by Crippen LogP contribution is -2.27. The molecule has 1 rings (SSSR count). The fourth-order valence-electron chi connectivity index (χ4n) is 1.65. The Hall–Kier alpha value is -0.830. The first-order valence-electron chi connectivity index (χ1n) is 5.42. The minimum absolute atomic E-state index is 0.395. The zero-order valence-electron chi connectivity index (χ0n) is 9.62. The third-order valence-corrected chi connectivity index (χ3v) is 2.69. The third kappa shape index (κ3) is 2.58. The Balaban J connectivity index is 2.76. The Morgan fingerprint density at radius 1 is 1.50 bits per heavy atom. The summed E-state index contributed by atoms with van der Waals surface area (Å²) >= 11 is 0. The van der Waals surface area contributed by atoms with E-state index in [1.54, 1.807) is 0 Å². The summed E-state index contributed by atoms with van der Waals surface area (Å²) in [7, 11) is 1.96. The molecule has 0 radical (unpaired) electrons. The minimum atomic E-state index is 0.395. The fraction of sp³-hybridized carbons (Fsp3) is 0.727. The molecule has 0 bridgehead atoms. The molecule has 0 aliphatic carbocycles. The van der Waals surface area contributed by atoms with Gasteiger partial charge in [-0.15, -0.1) is 0 Å². The number of rotatable bonds is 5. The van der Waals surface area contributed by atoms with Gasteiger partial charge in [0, 0.05) is 13.2 Å². The van der Waals surface area contributed by atoms with Crippen LogP contribution < -0.4 is 5.32 Å². The van der Waals surface area contributed by atoms with Gasteiger partial charge in [-0.2, -0.15) is 5.10 Å². The van der Waals surface area contributed by atoms with Crippen LogP contribution >= 0.6 is 0 Å². The topological polar surface area (TPSA) is 29.9 Å². The van der Waals surface area contributed by atoms with Crippen LogP contribution in [-0.2, 0) is 7.05 Å². The smallest absolute Gasteiger partial charge is 0.0796 e. The highest BCUT2D eigenvalue weighted by atomic mass is 15.3. The normalized spacial score (nSPS) is 15.4. The van der Waals surface area contributed by atoms with Crippen molar-refractivity contribution >= 4 is 0 Å². The van der Waals surface area contributed by atoms with Crippen molar-refractivity contribution in [1.82, 2.24) is 15.1 Å². The van der Waals surface area contributed by atoms with E-state index in [1.807, 2.05) is 17.9 Å². The average molecular weight is 195 g/mol. The van der Waals surface area contributed by atoms with E-state index in [-0.39, 0.29) is 0 Å². The predicted octanol–water partition coefficient (Wildman–Crippen LogP) is 2.12. The summed E-state index contributed by atoms with van der Waals surface area (Å²) in [4.78, 5) is 0. The van der Waals surface area contributed by atoms with Gasteiger partial charge in [-0.1, -0.05) is 27.2 Å². The molecule has 0 aromatic carbocycles. The summed E-state index contributed by atoms with van der Waals surface area (Å²) in [5, 5.41) is 7.94. The van der Waals surface area contributed by atoms with Gasteiger partial charge in [0.15, 0.2) is 0 Å². The van der Waals surface area contributed by atoms with E-state index in [4.69, 9.17) is 0 Å². The van der Waals surface area contributed by atoms with Gasteiger partial charge in [-0.3, -0.25) is 4.68 Å². The summed E-state index contributed by atoms with van der Waals surface area (Å²) in [5.74, 6) is 0.629. The van der Waals surface area contributed by atoms with Crippen LogP contribution in [0.25, 0.3) is 0 Å². The number of nitrogens with zero attached hydrogens (tertiary/aromatic N) is 2. The van der Waals surface area contributed by atoms with Crippen LogP contribution in [-0.4, -0.2) is 16.3 Å². The van der Waals surface area contributed by atoms with Crippen molar-refractivity contribution in [3.8, 4) is 0 Å². The van der Waals surface area contributed by atoms with E-state index in [0.717, 1.165) is 12.2 Å². The lowest BCUT2D eigenvalue weighted by Gasteiger charge is -2.21. The molecule has 0 amide bonds. The molecule has 0 aliphatic rings. The van der Waals surface area contributed by atoms with Crippen LogP contribution in [0.1, 0.15) is 38.9 Å². The second-order valence-electron chi connectivity index (χ2n) is 3.84. The van der Waals surface area contributed by atoms with E-state index < -0.39 is 0 Å². The van der Waals surface area contributed by atoms with Crippen molar-refractivity contribution in [2.45, 2.75) is 33.2 Å². The van der Waals surface area contributed by atoms with E-state index in [2.05, 4.69) is 37.3 Å². The Labute approximate surface area is 86.5 Å². The molecule has 2 unspecified atom stereocenters. The zero-order valence-corrected chi connectivity index (χ0v) is 9.62. The van der Waals surface area contributed by atoms with Gasteiger partial charge in [0.2, 0.25) is 0 Å². The number of aromatic nitrogens is 2. The van der Waals surface area contributed by atoms with Gasteiger partial charge >= 0.3 is 0 Å². The molecule has 0 saturated heterocycles. The summed E-state index contributed by atoms with van der Waals surface area (Å²) in [6, 6.07) is 2.49. The van der Waals surface area contributed by atoms with E-state index in [9.17, 15) is 0 Å². The van der Waals surface area contributed by atoms with Crippen molar-refractivity contribution in [1.29, 1.82) is 0 Å². The molecule has 1 N–H and O–H groups in total. The first-order valence-corrected chi connectivity index (χ1v) is 5.42. The highest BCUT2D eigenvalue weighted by molar-refractivity contribution is 5.06. The van der Waals surface area contributed by atoms with Gasteiger partial charge in [0.25, 0.3) is 0 Å². The molecular weight excluding hydrogens is 174 g/mol. The van der Waals surface area contributed by atoms with E-state index in [0.29, 0.717) is 12.0 Å². The molecule has 2 atom stereocenters. The van der Waals surface area contributed by atoms with Crippen LogP contribution in [0.3, 0.4) is 0 Å². The molecule has 0 fully saturated rings. The zero-order chi connectivity index (χ0) is 10.6. The maximum atomic E-state index is 4.45. The maximum Gasteiger partial charge on any atom is 0.0796 e. The molecular formula is C11H21N3. The molecule has 1 aromatic heterocycles. The van der Waals surface area contributed by atoms with E-state index in [1.165, 1.54) is 6.42 Å². The number of nitrogens with one attached hydrogen (secondary N) is 1. The molecule has 0 spiro atoms. The average Bonchev–Trinajstić information content (AvgIpc) is 2.60. The van der Waals surface area contributed by atoms with Gasteiger partial charge in [0.1, 0.15) is 0 Å². The van der Waals surface area contributed by atoms with E-state index >= 15 is 0 Å². The van der Waals surface area contributed by atoms with Crippen LogP contribution in [0.5, 0.6) is 0 Å². The standard InChI is InChI=1S/C11H21N3/c1-5-9(3)11(12-6-2)10-7-8-14(4)13-10/h7-9,11-12H,5-6H2,1-4H3. The summed E-state index contributed by atoms with van der Waals surface area (Å²) in [6.45, 7) is 7.61. The van der Waals surface area contributed by atoms with Gasteiger partial charge < -0.3 is 5.32 Å². The lowest BCUT2D eigenvalue weighted by atomic mass is 9.96. The van der Waals surface area contributed by atoms with Crippen molar-refractivity contribution < 1.29 is 0 Å². The molecule has 0 saturated carbocycles. The Morgan fingerprint density at radius 3 is 2.64 bits per heavy atom. The SMILES string of the molecule is CCNC(c1ccn(C)n1)C(C)CC. The van der Waals surface area contributed by atoms with Crippen molar-refractivity contribution in [2.75, 3.05) is 6.54 Å². The fourth-order valence-corrected chi connectivity index (χ4v) is 1.65. The summed E-state index contributed by atoms with van der Waals surface area (Å²) in [6.07, 6.45) is 3.18. The second kappa shape index (κ2) is 5.15. The van der Waals surface area contributed by atoms with Crippen LogP contribution in [0.4, 0.5) is 0 Å². The second-order valence-corrected chi connectivity index (χ2v) is 3.84. The molecule has 14 heavy (non-hydrogen) atoms. The van der Waals surface area contributed by atoms with Gasteiger partial charge in [-0.25, -0.2) is 0 Å². The lowest BCUT2D eigenvalue weighted by molar-refractivity contribution is 0.374. The van der Waals surface area contributed by atoms with Gasteiger partial charge in [-0.05, 0) is 18.5 Å². The molecule has 80 valence electrons. The summed E-state index contributed by atoms with van der Waals surface area (Å²) in [5.41, 5.74) is 1.16.